The maximum atomic E-state index is 13.7. The lowest BCUT2D eigenvalue weighted by atomic mass is 9.78. The van der Waals surface area contributed by atoms with Crippen molar-refractivity contribution < 1.29 is 9.90 Å². The number of amidine groups is 1. The number of benzene rings is 2. The Labute approximate surface area is 221 Å². The molecule has 0 saturated carbocycles. The molecule has 0 bridgehead atoms. The highest BCUT2D eigenvalue weighted by atomic mass is 35.5. The molecule has 5 nitrogen and oxygen atoms in total. The van der Waals surface area contributed by atoms with E-state index in [2.05, 4.69) is 70.0 Å². The molecule has 1 fully saturated rings. The summed E-state index contributed by atoms with van der Waals surface area (Å²) >= 11 is 6.16. The van der Waals surface area contributed by atoms with Crippen LogP contribution in [0, 0.1) is 11.8 Å². The molecule has 2 aromatic rings. The fourth-order valence-corrected chi connectivity index (χ4v) is 5.48. The van der Waals surface area contributed by atoms with Crippen LogP contribution in [-0.2, 0) is 17.3 Å². The number of Topliss-reactive ketones (excluding diaryl/α,β-unsaturated/α-hetero) is 1. The van der Waals surface area contributed by atoms with E-state index in [0.29, 0.717) is 11.5 Å². The average Bonchev–Trinajstić information content (AvgIpc) is 3.09. The standard InChI is InChI=1S/C30H42ClN3O2/c1-8-9-20-17-34(28(33-31)23(20)14-19-10-12-22(32)13-11-19)18-26(35)21-15-24(29(2,3)4)27(36)25(16-21)30(5,6)7/h10-13,15-16,20,23,36H,8-9,14,17-18,32H2,1-7H3/b33-28-/t20-,23+/m0/s1. The fraction of sp³-hybridized carbons (Fsp3) is 0.533. The van der Waals surface area contributed by atoms with Gasteiger partial charge in [-0.05, 0) is 59.4 Å². The zero-order valence-electron chi connectivity index (χ0n) is 22.9. The number of likely N-dealkylation sites (tertiary alicyclic amines) is 1. The second kappa shape index (κ2) is 10.8. The molecule has 0 aliphatic carbocycles. The van der Waals surface area contributed by atoms with Gasteiger partial charge in [-0.25, -0.2) is 0 Å². The molecular weight excluding hydrogens is 470 g/mol. The van der Waals surface area contributed by atoms with E-state index in [0.717, 1.165) is 48.5 Å². The topological polar surface area (TPSA) is 78.9 Å². The quantitative estimate of drug-likeness (QED) is 0.313. The maximum absolute atomic E-state index is 13.7. The number of rotatable bonds is 7. The Morgan fingerprint density at radius 1 is 1.08 bits per heavy atom. The summed E-state index contributed by atoms with van der Waals surface area (Å²) in [7, 11) is 0. The molecule has 1 aliphatic rings. The van der Waals surface area contributed by atoms with Crippen LogP contribution in [-0.4, -0.2) is 34.7 Å². The highest BCUT2D eigenvalue weighted by molar-refractivity contribution is 6.20. The van der Waals surface area contributed by atoms with Crippen molar-refractivity contribution in [1.29, 1.82) is 0 Å². The third kappa shape index (κ3) is 6.23. The number of aromatic hydroxyl groups is 1. The average molecular weight is 512 g/mol. The molecule has 1 heterocycles. The van der Waals surface area contributed by atoms with Crippen LogP contribution in [0.25, 0.3) is 0 Å². The first-order valence-corrected chi connectivity index (χ1v) is 13.3. The van der Waals surface area contributed by atoms with Crippen LogP contribution in [0.2, 0.25) is 0 Å². The molecule has 3 rings (SSSR count). The molecule has 6 heteroatoms. The van der Waals surface area contributed by atoms with E-state index in [4.69, 9.17) is 17.5 Å². The van der Waals surface area contributed by atoms with E-state index in [-0.39, 0.29) is 34.8 Å². The molecule has 196 valence electrons. The van der Waals surface area contributed by atoms with Crippen LogP contribution in [0.15, 0.2) is 40.9 Å². The molecule has 0 amide bonds. The summed E-state index contributed by atoms with van der Waals surface area (Å²) in [6, 6.07) is 11.7. The van der Waals surface area contributed by atoms with E-state index in [9.17, 15) is 9.90 Å². The van der Waals surface area contributed by atoms with Gasteiger partial charge in [0.05, 0.1) is 6.54 Å². The monoisotopic (exact) mass is 511 g/mol. The molecule has 0 aromatic heterocycles. The Balaban J connectivity index is 1.92. The van der Waals surface area contributed by atoms with Gasteiger partial charge in [-0.1, -0.05) is 67.0 Å². The Morgan fingerprint density at radius 2 is 1.64 bits per heavy atom. The Hall–Kier alpha value is -2.53. The van der Waals surface area contributed by atoms with Gasteiger partial charge in [-0.3, -0.25) is 4.79 Å². The number of hydrogen-bond acceptors (Lipinski definition) is 4. The van der Waals surface area contributed by atoms with Gasteiger partial charge < -0.3 is 15.7 Å². The lowest BCUT2D eigenvalue weighted by Gasteiger charge is -2.28. The van der Waals surface area contributed by atoms with E-state index in [1.165, 1.54) is 5.56 Å². The summed E-state index contributed by atoms with van der Waals surface area (Å²) < 4.78 is 4.17. The van der Waals surface area contributed by atoms with Crippen LogP contribution in [0.1, 0.15) is 88.4 Å². The predicted molar refractivity (Wildman–Crippen MR) is 151 cm³/mol. The predicted octanol–water partition coefficient (Wildman–Crippen LogP) is 6.90. The number of nitrogen functional groups attached to an aromatic ring is 1. The molecule has 3 N–H and O–H groups in total. The Kier molecular flexibility index (Phi) is 8.44. The molecule has 0 unspecified atom stereocenters. The number of nitrogens with zero attached hydrogens (tertiary/aromatic N) is 2. The molecule has 2 atom stereocenters. The molecule has 0 radical (unpaired) electrons. The van der Waals surface area contributed by atoms with Crippen molar-refractivity contribution in [2.24, 2.45) is 16.3 Å². The summed E-state index contributed by atoms with van der Waals surface area (Å²) in [6.45, 7) is 15.5. The molecular formula is C30H42ClN3O2. The number of anilines is 1. The van der Waals surface area contributed by atoms with Crippen LogP contribution in [0.5, 0.6) is 5.75 Å². The number of carbonyl (C=O) groups is 1. The minimum absolute atomic E-state index is 0.00667. The van der Waals surface area contributed by atoms with Gasteiger partial charge in [0.2, 0.25) is 0 Å². The number of hydrogen-bond donors (Lipinski definition) is 2. The van der Waals surface area contributed by atoms with Crippen molar-refractivity contribution in [2.75, 3.05) is 18.8 Å². The number of nitrogens with two attached hydrogens (primary N) is 1. The van der Waals surface area contributed by atoms with Gasteiger partial charge in [0.15, 0.2) is 5.78 Å². The smallest absolute Gasteiger partial charge is 0.182 e. The third-order valence-electron chi connectivity index (χ3n) is 7.24. The lowest BCUT2D eigenvalue weighted by molar-refractivity contribution is 0.0963. The highest BCUT2D eigenvalue weighted by Crippen LogP contribution is 2.40. The highest BCUT2D eigenvalue weighted by Gasteiger charge is 2.39. The van der Waals surface area contributed by atoms with Crippen LogP contribution in [0.3, 0.4) is 0 Å². The van der Waals surface area contributed by atoms with Crippen LogP contribution < -0.4 is 5.73 Å². The maximum Gasteiger partial charge on any atom is 0.182 e. The van der Waals surface area contributed by atoms with E-state index in [1.807, 2.05) is 24.3 Å². The van der Waals surface area contributed by atoms with Gasteiger partial charge in [0.1, 0.15) is 11.6 Å². The van der Waals surface area contributed by atoms with Gasteiger partial charge in [0, 0.05) is 46.6 Å². The van der Waals surface area contributed by atoms with Gasteiger partial charge in [-0.15, -0.1) is 0 Å². The minimum atomic E-state index is -0.298. The molecule has 0 spiro atoms. The van der Waals surface area contributed by atoms with Crippen molar-refractivity contribution in [3.05, 3.63) is 58.7 Å². The Bertz CT molecular complexity index is 1080. The molecule has 1 saturated heterocycles. The normalized spacial score (nSPS) is 19.8. The summed E-state index contributed by atoms with van der Waals surface area (Å²) in [6.07, 6.45) is 2.91. The minimum Gasteiger partial charge on any atom is -0.507 e. The number of phenolic OH excluding ortho intramolecular Hbond substituents is 1. The van der Waals surface area contributed by atoms with E-state index < -0.39 is 0 Å². The second-order valence-corrected chi connectivity index (χ2v) is 12.4. The summed E-state index contributed by atoms with van der Waals surface area (Å²) in [4.78, 5) is 15.7. The van der Waals surface area contributed by atoms with Crippen LogP contribution >= 0.6 is 11.8 Å². The number of phenols is 1. The summed E-state index contributed by atoms with van der Waals surface area (Å²) in [5.74, 6) is 1.59. The third-order valence-corrected chi connectivity index (χ3v) is 7.42. The van der Waals surface area contributed by atoms with Crippen LogP contribution in [0.4, 0.5) is 5.69 Å². The Morgan fingerprint density at radius 3 is 2.11 bits per heavy atom. The first kappa shape index (κ1) is 28.0. The zero-order valence-corrected chi connectivity index (χ0v) is 23.6. The second-order valence-electron chi connectivity index (χ2n) is 12.3. The van der Waals surface area contributed by atoms with Gasteiger partial charge in [0.25, 0.3) is 0 Å². The number of carbonyl (C=O) groups excluding carboxylic acids is 1. The van der Waals surface area contributed by atoms with E-state index in [1.54, 1.807) is 0 Å². The largest absolute Gasteiger partial charge is 0.507 e. The van der Waals surface area contributed by atoms with Gasteiger partial charge in [-0.2, -0.15) is 4.51 Å². The first-order valence-electron chi connectivity index (χ1n) is 13.0. The lowest BCUT2D eigenvalue weighted by Crippen LogP contribution is -2.33. The van der Waals surface area contributed by atoms with E-state index >= 15 is 0 Å². The SMILES string of the molecule is CCC[C@H]1CN(CC(=O)c2cc(C(C)(C)C)c(O)c(C(C)(C)C)c2)/C(=N\Cl)[C@@H]1Cc1ccc(N)cc1. The first-order chi connectivity index (χ1) is 16.8. The molecule has 2 aromatic carbocycles. The van der Waals surface area contributed by atoms with Crippen molar-refractivity contribution in [1.82, 2.24) is 4.90 Å². The van der Waals surface area contributed by atoms with Crippen molar-refractivity contribution >= 4 is 29.1 Å². The fourth-order valence-electron chi connectivity index (χ4n) is 5.24. The number of ketones is 1. The zero-order chi connectivity index (χ0) is 26.8. The molecule has 1 aliphatic heterocycles. The van der Waals surface area contributed by atoms with Crippen molar-refractivity contribution in [2.45, 2.75) is 78.6 Å². The molecule has 36 heavy (non-hydrogen) atoms. The van der Waals surface area contributed by atoms with Gasteiger partial charge >= 0.3 is 0 Å². The van der Waals surface area contributed by atoms with Crippen molar-refractivity contribution in [3.63, 3.8) is 0 Å². The number of halogens is 1. The summed E-state index contributed by atoms with van der Waals surface area (Å²) in [5, 5.41) is 11.1. The summed E-state index contributed by atoms with van der Waals surface area (Å²) in [5.41, 5.74) is 9.40. The van der Waals surface area contributed by atoms with Crippen molar-refractivity contribution in [3.8, 4) is 5.75 Å².